The maximum Gasteiger partial charge on any atom is 0.257 e. The third-order valence-corrected chi connectivity index (χ3v) is 7.03. The predicted octanol–water partition coefficient (Wildman–Crippen LogP) is -0.400. The number of nitrogens with zero attached hydrogens (tertiary/aromatic N) is 1. The lowest BCUT2D eigenvalue weighted by Gasteiger charge is -2.33. The lowest BCUT2D eigenvalue weighted by Crippen LogP contribution is -2.57. The van der Waals surface area contributed by atoms with Crippen LogP contribution < -0.4 is 21.9 Å². The van der Waals surface area contributed by atoms with Crippen molar-refractivity contribution in [2.45, 2.75) is 52.6 Å². The largest absolute Gasteiger partial charge is 0.356 e. The molecule has 0 aromatic heterocycles. The highest BCUT2D eigenvalue weighted by molar-refractivity contribution is 5.91. The molecule has 3 aliphatic rings. The van der Waals surface area contributed by atoms with Crippen molar-refractivity contribution < 1.29 is 14.4 Å². The molecular weight excluding hydrogens is 346 g/mol. The second-order valence-corrected chi connectivity index (χ2v) is 8.95. The van der Waals surface area contributed by atoms with E-state index in [0.717, 1.165) is 12.8 Å². The Hall–Kier alpha value is -1.67. The van der Waals surface area contributed by atoms with Crippen LogP contribution in [0.4, 0.5) is 0 Å². The number of rotatable bonds is 7. The van der Waals surface area contributed by atoms with Crippen molar-refractivity contribution in [1.29, 1.82) is 0 Å². The Morgan fingerprint density at radius 3 is 2.70 bits per heavy atom. The molecule has 1 aliphatic carbocycles. The summed E-state index contributed by atoms with van der Waals surface area (Å²) in [6.07, 6.45) is 1.58. The summed E-state index contributed by atoms with van der Waals surface area (Å²) in [5.74, 6) is 0.0981. The van der Waals surface area contributed by atoms with Gasteiger partial charge in [-0.05, 0) is 29.6 Å². The molecule has 1 saturated carbocycles. The van der Waals surface area contributed by atoms with Crippen LogP contribution in [0.5, 0.6) is 0 Å². The molecule has 3 rings (SSSR count). The molecule has 8 heteroatoms. The summed E-state index contributed by atoms with van der Waals surface area (Å²) in [4.78, 5) is 39.1. The van der Waals surface area contributed by atoms with Crippen LogP contribution in [0, 0.1) is 29.1 Å². The number of carbonyl (C=O) groups is 3. The molecule has 0 radical (unpaired) electrons. The van der Waals surface area contributed by atoms with Gasteiger partial charge in [-0.1, -0.05) is 34.1 Å². The normalized spacial score (nSPS) is 33.2. The van der Waals surface area contributed by atoms with Gasteiger partial charge in [0.05, 0.1) is 12.0 Å². The van der Waals surface area contributed by atoms with Crippen molar-refractivity contribution in [2.24, 2.45) is 34.8 Å². The van der Waals surface area contributed by atoms with Crippen LogP contribution in [0.2, 0.25) is 0 Å². The fraction of sp³-hybridized carbons (Fsp3) is 0.842. The van der Waals surface area contributed by atoms with Gasteiger partial charge in [0.25, 0.3) is 5.91 Å². The number of piperidine rings is 1. The predicted molar refractivity (Wildman–Crippen MR) is 101 cm³/mol. The molecule has 3 amide bonds. The van der Waals surface area contributed by atoms with E-state index >= 15 is 0 Å². The fourth-order valence-electron chi connectivity index (χ4n) is 4.68. The Balaban J connectivity index is 1.63. The quantitative estimate of drug-likeness (QED) is 0.449. The van der Waals surface area contributed by atoms with Crippen molar-refractivity contribution in [3.05, 3.63) is 0 Å². The van der Waals surface area contributed by atoms with E-state index in [1.54, 1.807) is 4.90 Å². The topological polar surface area (TPSA) is 117 Å². The number of hydrogen-bond donors (Lipinski definition) is 4. The van der Waals surface area contributed by atoms with Crippen LogP contribution in [0.1, 0.15) is 40.5 Å². The Labute approximate surface area is 160 Å². The highest BCUT2D eigenvalue weighted by Gasteiger charge is 2.69. The summed E-state index contributed by atoms with van der Waals surface area (Å²) in [7, 11) is 0. The molecular formula is C19H33N5O3. The zero-order valence-electron chi connectivity index (χ0n) is 16.7. The molecule has 2 saturated heterocycles. The molecule has 152 valence electrons. The Morgan fingerprint density at radius 1 is 1.41 bits per heavy atom. The van der Waals surface area contributed by atoms with Crippen LogP contribution in [-0.2, 0) is 14.4 Å². The molecule has 0 spiro atoms. The molecule has 0 aromatic carbocycles. The number of carbonyl (C=O) groups excluding carboxylic acids is 3. The van der Waals surface area contributed by atoms with E-state index in [1.165, 1.54) is 0 Å². The number of nitrogens with two attached hydrogens (primary N) is 1. The molecule has 2 heterocycles. The molecule has 2 aliphatic heterocycles. The van der Waals surface area contributed by atoms with Crippen LogP contribution in [0.25, 0.3) is 0 Å². The second kappa shape index (κ2) is 7.39. The summed E-state index contributed by atoms with van der Waals surface area (Å²) in [6.45, 7) is 9.92. The standard InChI is InChI=1S/C19H33N5O3/c1-5-10(2)14(20)18(27)24-9-12-13(19(12,3)4)15(24)17(26)23-22-8-11-6-7-21-16(11)25/h10-15,22H,5-9,20H2,1-4H3,(H,21,25)(H,23,26)/t10-,11-,12-,13-,14-,15-/m0/s1. The third kappa shape index (κ3) is 3.57. The second-order valence-electron chi connectivity index (χ2n) is 8.95. The van der Waals surface area contributed by atoms with Crippen LogP contribution in [0.15, 0.2) is 0 Å². The van der Waals surface area contributed by atoms with E-state index in [9.17, 15) is 14.4 Å². The van der Waals surface area contributed by atoms with Gasteiger partial charge in [-0.2, -0.15) is 0 Å². The van der Waals surface area contributed by atoms with Gasteiger partial charge >= 0.3 is 0 Å². The molecule has 6 atom stereocenters. The van der Waals surface area contributed by atoms with Crippen molar-refractivity contribution in [3.8, 4) is 0 Å². The molecule has 5 N–H and O–H groups in total. The van der Waals surface area contributed by atoms with Gasteiger partial charge in [-0.25, -0.2) is 5.43 Å². The number of amides is 3. The van der Waals surface area contributed by atoms with Crippen LogP contribution in [0.3, 0.4) is 0 Å². The number of fused-ring (bicyclic) bond motifs is 1. The number of nitrogens with one attached hydrogen (secondary N) is 3. The van der Waals surface area contributed by atoms with E-state index in [4.69, 9.17) is 5.73 Å². The smallest absolute Gasteiger partial charge is 0.257 e. The first-order chi connectivity index (χ1) is 12.7. The first-order valence-electron chi connectivity index (χ1n) is 10.1. The van der Waals surface area contributed by atoms with Gasteiger partial charge in [0.2, 0.25) is 11.8 Å². The van der Waals surface area contributed by atoms with Crippen molar-refractivity contribution in [2.75, 3.05) is 19.6 Å². The van der Waals surface area contributed by atoms with Crippen LogP contribution in [-0.4, -0.2) is 54.3 Å². The zero-order valence-corrected chi connectivity index (χ0v) is 16.7. The van der Waals surface area contributed by atoms with Crippen molar-refractivity contribution in [3.63, 3.8) is 0 Å². The van der Waals surface area contributed by atoms with E-state index < -0.39 is 12.1 Å². The molecule has 0 bridgehead atoms. The zero-order chi connectivity index (χ0) is 19.9. The maximum atomic E-state index is 12.9. The molecule has 8 nitrogen and oxygen atoms in total. The summed E-state index contributed by atoms with van der Waals surface area (Å²) in [5.41, 5.74) is 11.8. The molecule has 27 heavy (non-hydrogen) atoms. The van der Waals surface area contributed by atoms with Gasteiger partial charge < -0.3 is 16.0 Å². The van der Waals surface area contributed by atoms with Gasteiger partial charge in [-0.15, -0.1) is 0 Å². The van der Waals surface area contributed by atoms with E-state index in [1.807, 2.05) is 13.8 Å². The van der Waals surface area contributed by atoms with E-state index in [2.05, 4.69) is 30.0 Å². The fourth-order valence-corrected chi connectivity index (χ4v) is 4.68. The number of hydrazine groups is 1. The first kappa shape index (κ1) is 20.1. The van der Waals surface area contributed by atoms with Gasteiger partial charge in [0, 0.05) is 19.6 Å². The summed E-state index contributed by atoms with van der Waals surface area (Å²) < 4.78 is 0. The Kier molecular flexibility index (Phi) is 5.49. The number of likely N-dealkylation sites (tertiary alicyclic amines) is 1. The minimum Gasteiger partial charge on any atom is -0.356 e. The minimum absolute atomic E-state index is 0.0114. The van der Waals surface area contributed by atoms with Crippen molar-refractivity contribution in [1.82, 2.24) is 21.1 Å². The molecule has 3 fully saturated rings. The lowest BCUT2D eigenvalue weighted by atomic mass is 9.96. The summed E-state index contributed by atoms with van der Waals surface area (Å²) in [6, 6.07) is -1.08. The summed E-state index contributed by atoms with van der Waals surface area (Å²) >= 11 is 0. The van der Waals surface area contributed by atoms with Gasteiger partial charge in [0.1, 0.15) is 6.04 Å². The first-order valence-corrected chi connectivity index (χ1v) is 10.1. The average Bonchev–Trinajstić information content (AvgIpc) is 3.03. The van der Waals surface area contributed by atoms with E-state index in [0.29, 0.717) is 25.6 Å². The Bertz CT molecular complexity index is 622. The molecule has 0 aromatic rings. The summed E-state index contributed by atoms with van der Waals surface area (Å²) in [5, 5.41) is 2.78. The average molecular weight is 380 g/mol. The lowest BCUT2D eigenvalue weighted by molar-refractivity contribution is -0.142. The number of hydrogen-bond acceptors (Lipinski definition) is 5. The van der Waals surface area contributed by atoms with Crippen LogP contribution >= 0.6 is 0 Å². The van der Waals surface area contributed by atoms with Gasteiger partial charge in [-0.3, -0.25) is 19.8 Å². The van der Waals surface area contributed by atoms with Crippen molar-refractivity contribution >= 4 is 17.7 Å². The Morgan fingerprint density at radius 2 is 2.11 bits per heavy atom. The minimum atomic E-state index is -0.582. The highest BCUT2D eigenvalue weighted by atomic mass is 16.2. The monoisotopic (exact) mass is 379 g/mol. The maximum absolute atomic E-state index is 12.9. The highest BCUT2D eigenvalue weighted by Crippen LogP contribution is 2.64. The molecule has 0 unspecified atom stereocenters. The third-order valence-electron chi connectivity index (χ3n) is 7.03. The van der Waals surface area contributed by atoms with E-state index in [-0.39, 0.29) is 40.9 Å². The SMILES string of the molecule is CC[C@H](C)[C@H](N)C(=O)N1C[C@H]2[C@@H]([C@H]1C(=O)NNC[C@@H]1CCNC1=O)C2(C)C. The van der Waals surface area contributed by atoms with Gasteiger partial charge in [0.15, 0.2) is 0 Å².